The molecule has 0 aliphatic carbocycles. The van der Waals surface area contributed by atoms with Crippen LogP contribution < -0.4 is 10.6 Å². The highest BCUT2D eigenvalue weighted by Crippen LogP contribution is 2.29. The number of benzene rings is 1. The number of rotatable bonds is 3. The second kappa shape index (κ2) is 5.73. The van der Waals surface area contributed by atoms with E-state index in [2.05, 4.69) is 20.9 Å². The Kier molecular flexibility index (Phi) is 3.80. The third-order valence-electron chi connectivity index (χ3n) is 4.07. The van der Waals surface area contributed by atoms with Gasteiger partial charge in [0.05, 0.1) is 11.6 Å². The second-order valence-electron chi connectivity index (χ2n) is 5.18. The summed E-state index contributed by atoms with van der Waals surface area (Å²) in [6.07, 6.45) is 3.89. The molecular weight excluding hydrogens is 252 g/mol. The molecule has 1 aromatic heterocycles. The van der Waals surface area contributed by atoms with Gasteiger partial charge < -0.3 is 15.4 Å². The van der Waals surface area contributed by atoms with Gasteiger partial charge in [-0.3, -0.25) is 0 Å². The molecule has 1 saturated heterocycles. The summed E-state index contributed by atoms with van der Waals surface area (Å²) in [5.41, 5.74) is 6.93. The lowest BCUT2D eigenvalue weighted by atomic mass is 9.99. The Morgan fingerprint density at radius 2 is 2.20 bits per heavy atom. The summed E-state index contributed by atoms with van der Waals surface area (Å²) in [5, 5.41) is 1.09. The first kappa shape index (κ1) is 13.3. The van der Waals surface area contributed by atoms with Crippen LogP contribution in [0.25, 0.3) is 10.9 Å². The van der Waals surface area contributed by atoms with Crippen LogP contribution in [0.15, 0.2) is 30.6 Å². The maximum absolute atomic E-state index is 5.95. The number of aromatic nitrogens is 2. The van der Waals surface area contributed by atoms with Gasteiger partial charge in [-0.25, -0.2) is 9.97 Å². The van der Waals surface area contributed by atoms with Crippen molar-refractivity contribution in [3.8, 4) is 0 Å². The predicted molar refractivity (Wildman–Crippen MR) is 79.8 cm³/mol. The van der Waals surface area contributed by atoms with E-state index in [0.717, 1.165) is 36.1 Å². The van der Waals surface area contributed by atoms with E-state index in [4.69, 9.17) is 10.5 Å². The van der Waals surface area contributed by atoms with Crippen LogP contribution in [0.4, 0.5) is 5.82 Å². The van der Waals surface area contributed by atoms with Crippen molar-refractivity contribution in [3.05, 3.63) is 30.6 Å². The third-order valence-corrected chi connectivity index (χ3v) is 4.07. The highest BCUT2D eigenvalue weighted by molar-refractivity contribution is 5.89. The normalized spacial score (nSPS) is 23.2. The molecule has 106 valence electrons. The van der Waals surface area contributed by atoms with Crippen LogP contribution in [0.3, 0.4) is 0 Å². The molecular formula is C15H20N4O. The van der Waals surface area contributed by atoms with Crippen molar-refractivity contribution in [2.24, 2.45) is 5.73 Å². The summed E-state index contributed by atoms with van der Waals surface area (Å²) in [6.45, 7) is 1.53. The van der Waals surface area contributed by atoms with E-state index >= 15 is 0 Å². The van der Waals surface area contributed by atoms with E-state index in [-0.39, 0.29) is 6.04 Å². The van der Waals surface area contributed by atoms with Crippen LogP contribution in [0.2, 0.25) is 0 Å². The van der Waals surface area contributed by atoms with Crippen molar-refractivity contribution in [3.63, 3.8) is 0 Å². The van der Waals surface area contributed by atoms with Gasteiger partial charge >= 0.3 is 0 Å². The maximum atomic E-state index is 5.95. The van der Waals surface area contributed by atoms with Crippen LogP contribution in [0.1, 0.15) is 12.8 Å². The zero-order valence-corrected chi connectivity index (χ0v) is 11.7. The maximum Gasteiger partial charge on any atom is 0.140 e. The minimum atomic E-state index is 0.270. The summed E-state index contributed by atoms with van der Waals surface area (Å²) >= 11 is 0. The van der Waals surface area contributed by atoms with Gasteiger partial charge in [0.1, 0.15) is 12.1 Å². The Balaban J connectivity index is 1.97. The lowest BCUT2D eigenvalue weighted by Gasteiger charge is -2.39. The van der Waals surface area contributed by atoms with Crippen molar-refractivity contribution in [1.29, 1.82) is 0 Å². The monoisotopic (exact) mass is 272 g/mol. The molecule has 2 N–H and O–H groups in total. The van der Waals surface area contributed by atoms with Crippen LogP contribution in [0.5, 0.6) is 0 Å². The van der Waals surface area contributed by atoms with Crippen molar-refractivity contribution < 1.29 is 4.74 Å². The topological polar surface area (TPSA) is 64.3 Å². The molecule has 1 aromatic carbocycles. The molecule has 0 saturated carbocycles. The zero-order chi connectivity index (χ0) is 13.9. The third kappa shape index (κ3) is 2.34. The molecule has 1 aliphatic rings. The summed E-state index contributed by atoms with van der Waals surface area (Å²) in [7, 11) is 1.77. The van der Waals surface area contributed by atoms with Crippen LogP contribution in [0, 0.1) is 0 Å². The van der Waals surface area contributed by atoms with Crippen LogP contribution >= 0.6 is 0 Å². The first-order valence-corrected chi connectivity index (χ1v) is 7.02. The fraction of sp³-hybridized carbons (Fsp3) is 0.467. The molecule has 1 aliphatic heterocycles. The molecule has 2 aromatic rings. The quantitative estimate of drug-likeness (QED) is 0.919. The average molecular weight is 272 g/mol. The number of nitrogens with two attached hydrogens (primary N) is 1. The van der Waals surface area contributed by atoms with Gasteiger partial charge in [0.25, 0.3) is 0 Å². The highest BCUT2D eigenvalue weighted by atomic mass is 16.5. The van der Waals surface area contributed by atoms with Gasteiger partial charge in [-0.1, -0.05) is 12.1 Å². The Labute approximate surface area is 118 Å². The number of hydrogen-bond acceptors (Lipinski definition) is 5. The number of methoxy groups -OCH3 is 1. The molecule has 2 atom stereocenters. The number of fused-ring (bicyclic) bond motifs is 1. The predicted octanol–water partition coefficient (Wildman–Crippen LogP) is 1.57. The number of piperidine rings is 1. The van der Waals surface area contributed by atoms with E-state index in [9.17, 15) is 0 Å². The summed E-state index contributed by atoms with van der Waals surface area (Å²) in [6, 6.07) is 8.37. The Bertz CT molecular complexity index is 584. The molecule has 20 heavy (non-hydrogen) atoms. The number of hydrogen-bond donors (Lipinski definition) is 1. The summed E-state index contributed by atoms with van der Waals surface area (Å²) in [4.78, 5) is 11.1. The van der Waals surface area contributed by atoms with Gasteiger partial charge in [-0.05, 0) is 25.0 Å². The molecule has 5 nitrogen and oxygen atoms in total. The molecule has 0 spiro atoms. The molecule has 1 fully saturated rings. The number of anilines is 1. The molecule has 2 unspecified atom stereocenters. The summed E-state index contributed by atoms with van der Waals surface area (Å²) in [5.74, 6) is 0.987. The fourth-order valence-corrected chi connectivity index (χ4v) is 2.95. The lowest BCUT2D eigenvalue weighted by molar-refractivity contribution is 0.0708. The van der Waals surface area contributed by atoms with E-state index in [1.54, 1.807) is 13.4 Å². The fourth-order valence-electron chi connectivity index (χ4n) is 2.95. The SMILES string of the molecule is COC1CCN(c2ncnc3ccccc23)C(CN)C1. The standard InChI is InChI=1S/C15H20N4O/c1-20-12-6-7-19(11(8-12)9-16)15-13-4-2-3-5-14(13)17-10-18-15/h2-5,10-12H,6-9,16H2,1H3. The molecule has 5 heteroatoms. The van der Waals surface area contributed by atoms with Crippen molar-refractivity contribution in [1.82, 2.24) is 9.97 Å². The average Bonchev–Trinajstić information content (AvgIpc) is 2.53. The lowest BCUT2D eigenvalue weighted by Crippen LogP contribution is -2.49. The van der Waals surface area contributed by atoms with E-state index in [1.807, 2.05) is 18.2 Å². The zero-order valence-electron chi connectivity index (χ0n) is 11.7. The molecule has 0 bridgehead atoms. The number of nitrogens with zero attached hydrogens (tertiary/aromatic N) is 3. The first-order valence-electron chi connectivity index (χ1n) is 7.02. The molecule has 0 radical (unpaired) electrons. The highest BCUT2D eigenvalue weighted by Gasteiger charge is 2.29. The van der Waals surface area contributed by atoms with E-state index in [1.165, 1.54) is 0 Å². The van der Waals surface area contributed by atoms with Gasteiger partial charge in [0.2, 0.25) is 0 Å². The minimum absolute atomic E-state index is 0.270. The Hall–Kier alpha value is -1.72. The number of ether oxygens (including phenoxy) is 1. The van der Waals surface area contributed by atoms with E-state index < -0.39 is 0 Å². The van der Waals surface area contributed by atoms with E-state index in [0.29, 0.717) is 12.6 Å². The second-order valence-corrected chi connectivity index (χ2v) is 5.18. The van der Waals surface area contributed by atoms with Gasteiger partial charge in [0, 0.05) is 31.6 Å². The minimum Gasteiger partial charge on any atom is -0.381 e. The van der Waals surface area contributed by atoms with Crippen LogP contribution in [-0.4, -0.2) is 42.3 Å². The van der Waals surface area contributed by atoms with Gasteiger partial charge in [-0.15, -0.1) is 0 Å². The molecule has 0 amide bonds. The van der Waals surface area contributed by atoms with Crippen molar-refractivity contribution >= 4 is 16.7 Å². The smallest absolute Gasteiger partial charge is 0.140 e. The first-order chi connectivity index (χ1) is 9.83. The molecule has 3 rings (SSSR count). The Morgan fingerprint density at radius 1 is 1.35 bits per heavy atom. The summed E-state index contributed by atoms with van der Waals surface area (Å²) < 4.78 is 5.48. The van der Waals surface area contributed by atoms with Crippen LogP contribution in [-0.2, 0) is 4.74 Å². The number of para-hydroxylation sites is 1. The van der Waals surface area contributed by atoms with Crippen molar-refractivity contribution in [2.45, 2.75) is 25.0 Å². The van der Waals surface area contributed by atoms with Gasteiger partial charge in [-0.2, -0.15) is 0 Å². The molecule has 2 heterocycles. The van der Waals surface area contributed by atoms with Crippen molar-refractivity contribution in [2.75, 3.05) is 25.1 Å². The largest absolute Gasteiger partial charge is 0.381 e. The van der Waals surface area contributed by atoms with Gasteiger partial charge in [0.15, 0.2) is 0 Å². The Morgan fingerprint density at radius 3 is 3.00 bits per heavy atom.